The minimum absolute atomic E-state index is 0.0301. The zero-order chi connectivity index (χ0) is 18.0. The van der Waals surface area contributed by atoms with Gasteiger partial charge in [0, 0.05) is 28.3 Å². The number of aryl methyl sites for hydroxylation is 1. The van der Waals surface area contributed by atoms with Crippen molar-refractivity contribution in [2.24, 2.45) is 5.92 Å². The van der Waals surface area contributed by atoms with Crippen molar-refractivity contribution in [3.05, 3.63) is 44.8 Å². The quantitative estimate of drug-likeness (QED) is 0.665. The number of halogens is 1. The monoisotopic (exact) mass is 490 g/mol. The van der Waals surface area contributed by atoms with Crippen molar-refractivity contribution >= 4 is 55.5 Å². The van der Waals surface area contributed by atoms with Crippen LogP contribution in [0.4, 0.5) is 5.69 Å². The standard InChI is InChI=1S/C17H19IN2O3S2/c1-12-11-14(18)4-5-15(12)19-17(21)13-6-8-20(9-7-13)25(22,23)16-3-2-10-24-16/h2-5,10-11,13H,6-9H2,1H3,(H,19,21). The van der Waals surface area contributed by atoms with Gasteiger partial charge >= 0.3 is 0 Å². The lowest BCUT2D eigenvalue weighted by Crippen LogP contribution is -2.41. The van der Waals surface area contributed by atoms with E-state index < -0.39 is 10.0 Å². The van der Waals surface area contributed by atoms with Crippen LogP contribution in [0.3, 0.4) is 0 Å². The van der Waals surface area contributed by atoms with E-state index in [9.17, 15) is 13.2 Å². The Hall–Kier alpha value is -0.970. The Morgan fingerprint density at radius 1 is 1.28 bits per heavy atom. The third-order valence-corrected chi connectivity index (χ3v) is 8.30. The average molecular weight is 490 g/mol. The normalized spacial score (nSPS) is 16.7. The molecular weight excluding hydrogens is 471 g/mol. The van der Waals surface area contributed by atoms with Crippen molar-refractivity contribution in [3.8, 4) is 0 Å². The van der Waals surface area contributed by atoms with Crippen molar-refractivity contribution < 1.29 is 13.2 Å². The van der Waals surface area contributed by atoms with Crippen LogP contribution in [0.2, 0.25) is 0 Å². The van der Waals surface area contributed by atoms with E-state index in [1.54, 1.807) is 17.5 Å². The molecule has 1 N–H and O–H groups in total. The number of nitrogens with one attached hydrogen (secondary N) is 1. The van der Waals surface area contributed by atoms with E-state index in [2.05, 4.69) is 27.9 Å². The summed E-state index contributed by atoms with van der Waals surface area (Å²) in [6, 6.07) is 9.25. The first kappa shape index (κ1) is 18.8. The highest BCUT2D eigenvalue weighted by Gasteiger charge is 2.32. The van der Waals surface area contributed by atoms with Crippen molar-refractivity contribution in [3.63, 3.8) is 0 Å². The fraction of sp³-hybridized carbons (Fsp3) is 0.353. The first-order valence-electron chi connectivity index (χ1n) is 7.98. The van der Waals surface area contributed by atoms with Gasteiger partial charge in [-0.3, -0.25) is 4.79 Å². The van der Waals surface area contributed by atoms with Crippen LogP contribution < -0.4 is 5.32 Å². The molecule has 0 saturated carbocycles. The molecule has 1 aromatic heterocycles. The number of nitrogens with zero attached hydrogens (tertiary/aromatic N) is 1. The van der Waals surface area contributed by atoms with Crippen molar-refractivity contribution in [1.29, 1.82) is 0 Å². The predicted octanol–water partition coefficient (Wildman–Crippen LogP) is 3.70. The minimum Gasteiger partial charge on any atom is -0.326 e. The van der Waals surface area contributed by atoms with E-state index in [0.29, 0.717) is 30.1 Å². The molecule has 0 radical (unpaired) electrons. The van der Waals surface area contributed by atoms with E-state index in [0.717, 1.165) is 14.8 Å². The Bertz CT molecular complexity index is 858. The largest absolute Gasteiger partial charge is 0.326 e. The fourth-order valence-electron chi connectivity index (χ4n) is 2.90. The maximum Gasteiger partial charge on any atom is 0.252 e. The van der Waals surface area contributed by atoms with E-state index >= 15 is 0 Å². The lowest BCUT2D eigenvalue weighted by molar-refractivity contribution is -0.120. The summed E-state index contributed by atoms with van der Waals surface area (Å²) in [5, 5.41) is 4.74. The zero-order valence-electron chi connectivity index (χ0n) is 13.7. The van der Waals surface area contributed by atoms with Gasteiger partial charge in [0.25, 0.3) is 10.0 Å². The molecule has 3 rings (SSSR count). The molecule has 0 unspecified atom stereocenters. The fourth-order valence-corrected chi connectivity index (χ4v) is 6.16. The van der Waals surface area contributed by atoms with E-state index in [-0.39, 0.29) is 11.8 Å². The number of hydrogen-bond donors (Lipinski definition) is 1. The summed E-state index contributed by atoms with van der Waals surface area (Å²) in [6.07, 6.45) is 1.08. The Labute approximate surface area is 165 Å². The highest BCUT2D eigenvalue weighted by Crippen LogP contribution is 2.27. The molecular formula is C17H19IN2O3S2. The van der Waals surface area contributed by atoms with Gasteiger partial charge in [0.15, 0.2) is 0 Å². The molecule has 0 aliphatic carbocycles. The van der Waals surface area contributed by atoms with Gasteiger partial charge in [-0.25, -0.2) is 8.42 Å². The Morgan fingerprint density at radius 3 is 2.60 bits per heavy atom. The van der Waals surface area contributed by atoms with E-state index in [4.69, 9.17) is 0 Å². The van der Waals surface area contributed by atoms with Crippen LogP contribution in [0, 0.1) is 16.4 Å². The van der Waals surface area contributed by atoms with Crippen LogP contribution in [-0.2, 0) is 14.8 Å². The molecule has 1 aliphatic heterocycles. The van der Waals surface area contributed by atoms with E-state index in [1.165, 1.54) is 15.6 Å². The molecule has 0 atom stereocenters. The van der Waals surface area contributed by atoms with E-state index in [1.807, 2.05) is 25.1 Å². The number of amides is 1. The summed E-state index contributed by atoms with van der Waals surface area (Å²) < 4.78 is 28.0. The minimum atomic E-state index is -3.42. The second-order valence-electron chi connectivity index (χ2n) is 6.06. The maximum absolute atomic E-state index is 12.5. The van der Waals surface area contributed by atoms with Gasteiger partial charge in [-0.2, -0.15) is 4.31 Å². The van der Waals surface area contributed by atoms with Crippen LogP contribution in [0.25, 0.3) is 0 Å². The highest BCUT2D eigenvalue weighted by atomic mass is 127. The Morgan fingerprint density at radius 2 is 2.00 bits per heavy atom. The summed E-state index contributed by atoms with van der Waals surface area (Å²) in [5.74, 6) is -0.189. The molecule has 2 heterocycles. The molecule has 25 heavy (non-hydrogen) atoms. The molecule has 8 heteroatoms. The molecule has 0 bridgehead atoms. The number of sulfonamides is 1. The van der Waals surface area contributed by atoms with Crippen LogP contribution in [-0.4, -0.2) is 31.7 Å². The number of thiophene rings is 1. The number of anilines is 1. The first-order valence-corrected chi connectivity index (χ1v) is 11.4. The Balaban J connectivity index is 1.61. The number of rotatable bonds is 4. The molecule has 1 saturated heterocycles. The van der Waals surface area contributed by atoms with Crippen molar-refractivity contribution in [1.82, 2.24) is 4.31 Å². The van der Waals surface area contributed by atoms with Crippen LogP contribution in [0.1, 0.15) is 18.4 Å². The molecule has 5 nitrogen and oxygen atoms in total. The molecule has 1 amide bonds. The maximum atomic E-state index is 12.5. The smallest absolute Gasteiger partial charge is 0.252 e. The van der Waals surface area contributed by atoms with Crippen molar-refractivity contribution in [2.45, 2.75) is 24.0 Å². The summed E-state index contributed by atoms with van der Waals surface area (Å²) in [4.78, 5) is 12.5. The second-order valence-corrected chi connectivity index (χ2v) is 10.4. The molecule has 0 spiro atoms. The Kier molecular flexibility index (Phi) is 5.81. The topological polar surface area (TPSA) is 66.5 Å². The van der Waals surface area contributed by atoms with Crippen LogP contribution in [0.5, 0.6) is 0 Å². The third kappa shape index (κ3) is 4.24. The molecule has 134 valence electrons. The lowest BCUT2D eigenvalue weighted by atomic mass is 9.97. The van der Waals surface area contributed by atoms with Crippen LogP contribution >= 0.6 is 33.9 Å². The highest BCUT2D eigenvalue weighted by molar-refractivity contribution is 14.1. The van der Waals surface area contributed by atoms with Crippen LogP contribution in [0.15, 0.2) is 39.9 Å². The molecule has 1 fully saturated rings. The molecule has 1 aliphatic rings. The summed E-state index contributed by atoms with van der Waals surface area (Å²) in [7, 11) is -3.42. The van der Waals surface area contributed by atoms with Gasteiger partial charge in [-0.1, -0.05) is 6.07 Å². The number of carbonyl (C=O) groups excluding carboxylic acids is 1. The predicted molar refractivity (Wildman–Crippen MR) is 108 cm³/mol. The number of carbonyl (C=O) groups is 1. The number of piperidine rings is 1. The zero-order valence-corrected chi connectivity index (χ0v) is 17.5. The van der Waals surface area contributed by atoms with Gasteiger partial charge in [0.05, 0.1) is 0 Å². The average Bonchev–Trinajstić information content (AvgIpc) is 3.13. The summed E-state index contributed by atoms with van der Waals surface area (Å²) >= 11 is 3.46. The van der Waals surface area contributed by atoms with Gasteiger partial charge in [-0.05, 0) is 77.6 Å². The van der Waals surface area contributed by atoms with Crippen molar-refractivity contribution in [2.75, 3.05) is 18.4 Å². The summed E-state index contributed by atoms with van der Waals surface area (Å²) in [6.45, 7) is 2.72. The van der Waals surface area contributed by atoms with Gasteiger partial charge in [0.2, 0.25) is 5.91 Å². The van der Waals surface area contributed by atoms with Gasteiger partial charge in [-0.15, -0.1) is 11.3 Å². The molecule has 2 aromatic rings. The molecule has 1 aromatic carbocycles. The van der Waals surface area contributed by atoms with Gasteiger partial charge in [0.1, 0.15) is 4.21 Å². The number of benzene rings is 1. The SMILES string of the molecule is Cc1cc(I)ccc1NC(=O)C1CCN(S(=O)(=O)c2cccs2)CC1. The third-order valence-electron chi connectivity index (χ3n) is 4.36. The first-order chi connectivity index (χ1) is 11.9. The lowest BCUT2D eigenvalue weighted by Gasteiger charge is -2.30. The second kappa shape index (κ2) is 7.73. The summed E-state index contributed by atoms with van der Waals surface area (Å²) in [5.41, 5.74) is 1.84. The van der Waals surface area contributed by atoms with Gasteiger partial charge < -0.3 is 5.32 Å². The number of hydrogen-bond acceptors (Lipinski definition) is 4.